The van der Waals surface area contributed by atoms with Crippen molar-refractivity contribution in [3.05, 3.63) is 63.8 Å². The molecule has 0 saturated carbocycles. The second kappa shape index (κ2) is 7.33. The Kier molecular flexibility index (Phi) is 5.13. The zero-order valence-electron chi connectivity index (χ0n) is 14.7. The van der Waals surface area contributed by atoms with Gasteiger partial charge in [-0.25, -0.2) is 9.38 Å². The number of carbonyl (C=O) groups excluding carboxylic acids is 1. The van der Waals surface area contributed by atoms with Crippen molar-refractivity contribution < 1.29 is 14.3 Å². The average Bonchev–Trinajstić information content (AvgIpc) is 2.91. The van der Waals surface area contributed by atoms with Gasteiger partial charge in [-0.15, -0.1) is 0 Å². The summed E-state index contributed by atoms with van der Waals surface area (Å²) >= 11 is 1.05. The van der Waals surface area contributed by atoms with Crippen molar-refractivity contribution in [1.29, 1.82) is 0 Å². The molecule has 2 aromatic rings. The molecular weight excluding hydrogens is 351 g/mol. The van der Waals surface area contributed by atoms with Gasteiger partial charge in [-0.05, 0) is 71.6 Å². The molecule has 4 nitrogen and oxygen atoms in total. The zero-order valence-corrected chi connectivity index (χ0v) is 15.5. The lowest BCUT2D eigenvalue weighted by atomic mass is 9.99. The molecule has 2 aromatic carbocycles. The maximum atomic E-state index is 13.1. The van der Waals surface area contributed by atoms with Gasteiger partial charge in [-0.2, -0.15) is 0 Å². The van der Waals surface area contributed by atoms with E-state index >= 15 is 0 Å². The number of aliphatic imine (C=N–C) groups is 1. The third-order valence-electron chi connectivity index (χ3n) is 4.02. The molecular formula is C20H19FN2O2S. The van der Waals surface area contributed by atoms with E-state index < -0.39 is 0 Å². The van der Waals surface area contributed by atoms with Crippen LogP contribution in [0.4, 0.5) is 14.9 Å². The van der Waals surface area contributed by atoms with Crippen LogP contribution in [0.5, 0.6) is 5.75 Å². The van der Waals surface area contributed by atoms with Gasteiger partial charge in [0.2, 0.25) is 0 Å². The highest BCUT2D eigenvalue weighted by molar-refractivity contribution is 8.18. The van der Waals surface area contributed by atoms with Crippen LogP contribution in [0.2, 0.25) is 0 Å². The Balaban J connectivity index is 2.02. The number of phenolic OH excluding ortho intramolecular Hbond substituents is 1. The van der Waals surface area contributed by atoms with Gasteiger partial charge in [0, 0.05) is 0 Å². The Labute approximate surface area is 155 Å². The predicted molar refractivity (Wildman–Crippen MR) is 105 cm³/mol. The summed E-state index contributed by atoms with van der Waals surface area (Å²) in [6.07, 6.45) is 1.79. The molecule has 1 amide bonds. The monoisotopic (exact) mass is 370 g/mol. The molecule has 1 fully saturated rings. The van der Waals surface area contributed by atoms with Gasteiger partial charge in [0.1, 0.15) is 17.4 Å². The van der Waals surface area contributed by atoms with Crippen molar-refractivity contribution in [2.75, 3.05) is 0 Å². The first-order valence-electron chi connectivity index (χ1n) is 8.22. The molecule has 0 radical (unpaired) electrons. The largest absolute Gasteiger partial charge is 0.508 e. The number of aromatic hydroxyl groups is 1. The highest BCUT2D eigenvalue weighted by Gasteiger charge is 2.24. The topological polar surface area (TPSA) is 61.7 Å². The molecule has 3 rings (SSSR count). The lowest BCUT2D eigenvalue weighted by molar-refractivity contribution is 0.265. The second-order valence-electron chi connectivity index (χ2n) is 6.39. The Hall–Kier alpha value is -2.60. The Morgan fingerprint density at radius 1 is 1.23 bits per heavy atom. The number of carbonyl (C=O) groups is 1. The quantitative estimate of drug-likeness (QED) is 0.751. The third kappa shape index (κ3) is 3.96. The number of benzene rings is 2. The van der Waals surface area contributed by atoms with Gasteiger partial charge in [-0.1, -0.05) is 26.0 Å². The van der Waals surface area contributed by atoms with E-state index in [1.165, 1.54) is 12.1 Å². The number of halogens is 1. The first-order chi connectivity index (χ1) is 12.3. The van der Waals surface area contributed by atoms with Crippen LogP contribution in [0.15, 0.2) is 46.3 Å². The van der Waals surface area contributed by atoms with Crippen molar-refractivity contribution in [3.63, 3.8) is 0 Å². The molecule has 0 aromatic heterocycles. The molecule has 6 heteroatoms. The zero-order chi connectivity index (χ0) is 18.8. The average molecular weight is 370 g/mol. The molecule has 26 heavy (non-hydrogen) atoms. The summed E-state index contributed by atoms with van der Waals surface area (Å²) in [6, 6.07) is 9.56. The van der Waals surface area contributed by atoms with Crippen LogP contribution in [-0.4, -0.2) is 16.2 Å². The summed E-state index contributed by atoms with van der Waals surface area (Å²) in [7, 11) is 0. The number of hydrogen-bond donors (Lipinski definition) is 2. The predicted octanol–water partition coefficient (Wildman–Crippen LogP) is 5.49. The van der Waals surface area contributed by atoms with Crippen LogP contribution in [0.25, 0.3) is 6.08 Å². The van der Waals surface area contributed by atoms with Gasteiger partial charge in [0.25, 0.3) is 5.24 Å². The van der Waals surface area contributed by atoms with Gasteiger partial charge in [0.15, 0.2) is 0 Å². The van der Waals surface area contributed by atoms with E-state index in [0.717, 1.165) is 28.5 Å². The van der Waals surface area contributed by atoms with Crippen molar-refractivity contribution in [1.82, 2.24) is 5.32 Å². The van der Waals surface area contributed by atoms with E-state index in [4.69, 9.17) is 0 Å². The number of amides is 1. The standard InChI is InChI=1S/C20H19FN2O2S/c1-11(2)15-10-16(12(3)8-17(15)24)22-19-18(26-20(25)23-19)9-13-4-6-14(21)7-5-13/h4-11,24H,1-3H3,(H,22,23,25)/b18-9-. The number of amidine groups is 1. The molecule has 0 unspecified atom stereocenters. The minimum absolute atomic E-state index is 0.149. The smallest absolute Gasteiger partial charge is 0.289 e. The second-order valence-corrected chi connectivity index (χ2v) is 7.40. The number of nitrogens with zero attached hydrogens (tertiary/aromatic N) is 1. The van der Waals surface area contributed by atoms with Crippen LogP contribution >= 0.6 is 11.8 Å². The number of nitrogens with one attached hydrogen (secondary N) is 1. The summed E-state index contributed by atoms with van der Waals surface area (Å²) in [5.74, 6) is 0.535. The van der Waals surface area contributed by atoms with Crippen LogP contribution in [0, 0.1) is 12.7 Å². The molecule has 1 aliphatic rings. The Morgan fingerprint density at radius 3 is 2.58 bits per heavy atom. The van der Waals surface area contributed by atoms with E-state index in [1.807, 2.05) is 26.8 Å². The van der Waals surface area contributed by atoms with Gasteiger partial charge in [0.05, 0.1) is 10.6 Å². The first kappa shape index (κ1) is 18.2. The molecule has 1 saturated heterocycles. The summed E-state index contributed by atoms with van der Waals surface area (Å²) in [5.41, 5.74) is 3.08. The lowest BCUT2D eigenvalue weighted by Gasteiger charge is -2.11. The highest BCUT2D eigenvalue weighted by Crippen LogP contribution is 2.34. The number of aryl methyl sites for hydroxylation is 1. The molecule has 134 valence electrons. The fourth-order valence-corrected chi connectivity index (χ4v) is 3.36. The summed E-state index contributed by atoms with van der Waals surface area (Å²) in [4.78, 5) is 17.1. The van der Waals surface area contributed by atoms with Crippen LogP contribution in [0.1, 0.15) is 36.5 Å². The normalized spacial score (nSPS) is 17.3. The van der Waals surface area contributed by atoms with Crippen molar-refractivity contribution in [2.24, 2.45) is 4.99 Å². The van der Waals surface area contributed by atoms with E-state index in [0.29, 0.717) is 16.4 Å². The molecule has 0 bridgehead atoms. The van der Waals surface area contributed by atoms with Gasteiger partial charge < -0.3 is 10.4 Å². The van der Waals surface area contributed by atoms with Gasteiger partial charge >= 0.3 is 0 Å². The summed E-state index contributed by atoms with van der Waals surface area (Å²) in [6.45, 7) is 5.85. The van der Waals surface area contributed by atoms with E-state index in [9.17, 15) is 14.3 Å². The Bertz CT molecular complexity index is 918. The minimum Gasteiger partial charge on any atom is -0.508 e. The van der Waals surface area contributed by atoms with Crippen molar-refractivity contribution >= 4 is 34.6 Å². The third-order valence-corrected chi connectivity index (χ3v) is 4.84. The number of thioether (sulfide) groups is 1. The molecule has 1 aliphatic heterocycles. The van der Waals surface area contributed by atoms with E-state index in [1.54, 1.807) is 24.3 Å². The van der Waals surface area contributed by atoms with E-state index in [-0.39, 0.29) is 22.7 Å². The molecule has 0 aliphatic carbocycles. The number of phenols is 1. The maximum Gasteiger partial charge on any atom is 0.289 e. The number of rotatable bonds is 3. The van der Waals surface area contributed by atoms with Crippen LogP contribution < -0.4 is 5.32 Å². The van der Waals surface area contributed by atoms with E-state index in [2.05, 4.69) is 10.3 Å². The molecule has 0 atom stereocenters. The maximum absolute atomic E-state index is 13.1. The highest BCUT2D eigenvalue weighted by atomic mass is 32.2. The van der Waals surface area contributed by atoms with Gasteiger partial charge in [-0.3, -0.25) is 4.79 Å². The van der Waals surface area contributed by atoms with Crippen molar-refractivity contribution in [2.45, 2.75) is 26.7 Å². The minimum atomic E-state index is -0.310. The Morgan fingerprint density at radius 2 is 1.92 bits per heavy atom. The fourth-order valence-electron chi connectivity index (χ4n) is 2.62. The first-order valence-corrected chi connectivity index (χ1v) is 9.04. The fraction of sp³-hybridized carbons (Fsp3) is 0.200. The van der Waals surface area contributed by atoms with Crippen molar-refractivity contribution in [3.8, 4) is 5.75 Å². The lowest BCUT2D eigenvalue weighted by Crippen LogP contribution is -2.18. The molecule has 2 N–H and O–H groups in total. The molecule has 1 heterocycles. The number of hydrogen-bond acceptors (Lipinski definition) is 4. The van der Waals surface area contributed by atoms with Crippen LogP contribution in [0.3, 0.4) is 0 Å². The summed E-state index contributed by atoms with van der Waals surface area (Å²) in [5, 5.41) is 12.6. The summed E-state index contributed by atoms with van der Waals surface area (Å²) < 4.78 is 13.1. The van der Waals surface area contributed by atoms with Crippen LogP contribution in [-0.2, 0) is 0 Å². The molecule has 0 spiro atoms. The SMILES string of the molecule is Cc1cc(O)c(C(C)C)cc1N=C1NC(=O)S/C1=C\c1ccc(F)cc1.